The van der Waals surface area contributed by atoms with Gasteiger partial charge in [-0.3, -0.25) is 4.79 Å². The Labute approximate surface area is 173 Å². The van der Waals surface area contributed by atoms with Crippen molar-refractivity contribution in [1.29, 1.82) is 0 Å². The van der Waals surface area contributed by atoms with Crippen LogP contribution in [0.1, 0.15) is 5.69 Å². The number of hydrazone groups is 1. The molecule has 1 N–H and O–H groups in total. The van der Waals surface area contributed by atoms with Crippen LogP contribution in [-0.2, 0) is 4.79 Å². The highest BCUT2D eigenvalue weighted by molar-refractivity contribution is 6.30. The van der Waals surface area contributed by atoms with E-state index in [0.717, 1.165) is 16.8 Å². The number of hydrogen-bond donors (Lipinski definition) is 1. The van der Waals surface area contributed by atoms with Gasteiger partial charge in [0.25, 0.3) is 5.91 Å². The SMILES string of the molecule is O=C(COc1cccc(Cl)c1)N/N=C\c1cccn1-c1ccc2ccccc2c1. The fourth-order valence-corrected chi connectivity index (χ4v) is 3.15. The van der Waals surface area contributed by atoms with Gasteiger partial charge in [0, 0.05) is 16.9 Å². The number of ether oxygens (including phenoxy) is 1. The molecule has 0 saturated carbocycles. The maximum atomic E-state index is 11.9. The largest absolute Gasteiger partial charge is 0.484 e. The first-order valence-electron chi connectivity index (χ1n) is 9.06. The van der Waals surface area contributed by atoms with Gasteiger partial charge in [0.05, 0.1) is 11.9 Å². The summed E-state index contributed by atoms with van der Waals surface area (Å²) in [5.41, 5.74) is 4.34. The van der Waals surface area contributed by atoms with Crippen LogP contribution in [0, 0.1) is 0 Å². The van der Waals surface area contributed by atoms with Crippen LogP contribution in [0.4, 0.5) is 0 Å². The zero-order valence-electron chi connectivity index (χ0n) is 15.5. The van der Waals surface area contributed by atoms with E-state index >= 15 is 0 Å². The monoisotopic (exact) mass is 403 g/mol. The summed E-state index contributed by atoms with van der Waals surface area (Å²) in [6.45, 7) is -0.149. The number of aromatic nitrogens is 1. The molecule has 6 heteroatoms. The molecule has 4 rings (SSSR count). The molecule has 29 heavy (non-hydrogen) atoms. The van der Waals surface area contributed by atoms with Gasteiger partial charge in [0.1, 0.15) is 5.75 Å². The lowest BCUT2D eigenvalue weighted by Gasteiger charge is -2.08. The molecule has 3 aromatic carbocycles. The van der Waals surface area contributed by atoms with Gasteiger partial charge in [0.15, 0.2) is 6.61 Å². The van der Waals surface area contributed by atoms with Crippen molar-refractivity contribution in [2.75, 3.05) is 6.61 Å². The van der Waals surface area contributed by atoms with Crippen molar-refractivity contribution in [1.82, 2.24) is 9.99 Å². The van der Waals surface area contributed by atoms with E-state index in [9.17, 15) is 4.79 Å². The third-order valence-electron chi connectivity index (χ3n) is 4.34. The van der Waals surface area contributed by atoms with Gasteiger partial charge in [-0.25, -0.2) is 5.43 Å². The number of fused-ring (bicyclic) bond motifs is 1. The highest BCUT2D eigenvalue weighted by Gasteiger charge is 2.04. The fourth-order valence-electron chi connectivity index (χ4n) is 2.97. The molecule has 0 spiro atoms. The summed E-state index contributed by atoms with van der Waals surface area (Å²) >= 11 is 5.89. The Morgan fingerprint density at radius 1 is 1.00 bits per heavy atom. The highest BCUT2D eigenvalue weighted by atomic mass is 35.5. The quantitative estimate of drug-likeness (QED) is 0.371. The zero-order chi connectivity index (χ0) is 20.1. The van der Waals surface area contributed by atoms with Gasteiger partial charge >= 0.3 is 0 Å². The number of amides is 1. The molecule has 0 aliphatic carbocycles. The van der Waals surface area contributed by atoms with Gasteiger partial charge < -0.3 is 9.30 Å². The number of nitrogens with zero attached hydrogens (tertiary/aromatic N) is 2. The average molecular weight is 404 g/mol. The summed E-state index contributed by atoms with van der Waals surface area (Å²) in [6.07, 6.45) is 3.56. The Bertz CT molecular complexity index is 1180. The topological polar surface area (TPSA) is 55.6 Å². The van der Waals surface area contributed by atoms with Gasteiger partial charge in [0.2, 0.25) is 0 Å². The lowest BCUT2D eigenvalue weighted by Crippen LogP contribution is -2.24. The first-order chi connectivity index (χ1) is 14.2. The third kappa shape index (κ3) is 4.65. The van der Waals surface area contributed by atoms with E-state index in [1.165, 1.54) is 5.39 Å². The number of rotatable bonds is 6. The van der Waals surface area contributed by atoms with Gasteiger partial charge in [-0.2, -0.15) is 5.10 Å². The molecular weight excluding hydrogens is 386 g/mol. The second kappa shape index (κ2) is 8.63. The minimum Gasteiger partial charge on any atom is -0.484 e. The normalized spacial score (nSPS) is 11.1. The van der Waals surface area contributed by atoms with E-state index in [1.807, 2.05) is 35.0 Å². The Morgan fingerprint density at radius 2 is 1.86 bits per heavy atom. The maximum Gasteiger partial charge on any atom is 0.277 e. The average Bonchev–Trinajstić information content (AvgIpc) is 3.20. The molecule has 0 aliphatic rings. The second-order valence-electron chi connectivity index (χ2n) is 6.37. The second-order valence-corrected chi connectivity index (χ2v) is 6.81. The van der Waals surface area contributed by atoms with Crippen molar-refractivity contribution < 1.29 is 9.53 Å². The molecule has 1 aromatic heterocycles. The van der Waals surface area contributed by atoms with Gasteiger partial charge in [-0.05, 0) is 53.2 Å². The molecule has 0 unspecified atom stereocenters. The molecule has 1 amide bonds. The summed E-state index contributed by atoms with van der Waals surface area (Å²) < 4.78 is 7.40. The van der Waals surface area contributed by atoms with Crippen LogP contribution in [0.3, 0.4) is 0 Å². The van der Waals surface area contributed by atoms with E-state index in [1.54, 1.807) is 30.5 Å². The van der Waals surface area contributed by atoms with Crippen LogP contribution in [0.5, 0.6) is 5.75 Å². The predicted molar refractivity (Wildman–Crippen MR) is 116 cm³/mol. The van der Waals surface area contributed by atoms with Crippen molar-refractivity contribution in [2.24, 2.45) is 5.10 Å². The number of carbonyl (C=O) groups excluding carboxylic acids is 1. The molecular formula is C23H18ClN3O2. The van der Waals surface area contributed by atoms with Crippen molar-refractivity contribution in [3.63, 3.8) is 0 Å². The molecule has 1 heterocycles. The molecule has 0 saturated heterocycles. The maximum absolute atomic E-state index is 11.9. The smallest absolute Gasteiger partial charge is 0.277 e. The summed E-state index contributed by atoms with van der Waals surface area (Å²) in [6, 6.07) is 25.2. The molecule has 0 bridgehead atoms. The lowest BCUT2D eigenvalue weighted by atomic mass is 10.1. The number of nitrogens with one attached hydrogen (secondary N) is 1. The molecule has 0 radical (unpaired) electrons. The minimum absolute atomic E-state index is 0.149. The Kier molecular flexibility index (Phi) is 5.59. The van der Waals surface area contributed by atoms with Crippen molar-refractivity contribution in [2.45, 2.75) is 0 Å². The molecule has 0 atom stereocenters. The first-order valence-corrected chi connectivity index (χ1v) is 9.44. The predicted octanol–water partition coefficient (Wildman–Crippen LogP) is 4.81. The molecule has 0 fully saturated rings. The molecule has 5 nitrogen and oxygen atoms in total. The number of hydrogen-bond acceptors (Lipinski definition) is 3. The lowest BCUT2D eigenvalue weighted by molar-refractivity contribution is -0.123. The summed E-state index contributed by atoms with van der Waals surface area (Å²) in [5, 5.41) is 6.94. The van der Waals surface area contributed by atoms with Gasteiger partial charge in [-0.15, -0.1) is 0 Å². The van der Waals surface area contributed by atoms with Crippen LogP contribution >= 0.6 is 11.6 Å². The van der Waals surface area contributed by atoms with Crippen molar-refractivity contribution in [3.8, 4) is 11.4 Å². The highest BCUT2D eigenvalue weighted by Crippen LogP contribution is 2.20. The van der Waals surface area contributed by atoms with E-state index in [0.29, 0.717) is 10.8 Å². The standard InChI is InChI=1S/C23H18ClN3O2/c24-19-7-3-9-22(14-19)29-16-23(28)26-25-15-21-8-4-12-27(21)20-11-10-17-5-1-2-6-18(17)13-20/h1-15H,16H2,(H,26,28)/b25-15-. The minimum atomic E-state index is -0.356. The number of halogens is 1. The third-order valence-corrected chi connectivity index (χ3v) is 4.58. The van der Waals surface area contributed by atoms with Crippen LogP contribution in [0.25, 0.3) is 16.5 Å². The summed E-state index contributed by atoms with van der Waals surface area (Å²) in [4.78, 5) is 11.9. The van der Waals surface area contributed by atoms with Crippen molar-refractivity contribution >= 4 is 34.5 Å². The summed E-state index contributed by atoms with van der Waals surface area (Å²) in [5.74, 6) is 0.173. The van der Waals surface area contributed by atoms with Crippen LogP contribution in [-0.4, -0.2) is 23.3 Å². The Balaban J connectivity index is 1.40. The van der Waals surface area contributed by atoms with Crippen molar-refractivity contribution in [3.05, 3.63) is 95.8 Å². The fraction of sp³-hybridized carbons (Fsp3) is 0.0435. The Morgan fingerprint density at radius 3 is 2.72 bits per heavy atom. The zero-order valence-corrected chi connectivity index (χ0v) is 16.2. The van der Waals surface area contributed by atoms with Gasteiger partial charge in [-0.1, -0.05) is 48.0 Å². The molecule has 0 aliphatic heterocycles. The van der Waals surface area contributed by atoms with E-state index in [2.05, 4.69) is 40.9 Å². The molecule has 4 aromatic rings. The summed E-state index contributed by atoms with van der Waals surface area (Å²) in [7, 11) is 0. The van der Waals surface area contributed by atoms with E-state index in [-0.39, 0.29) is 12.5 Å². The Hall–Kier alpha value is -3.57. The first kappa shape index (κ1) is 18.8. The number of benzene rings is 3. The number of carbonyl (C=O) groups is 1. The van der Waals surface area contributed by atoms with Crippen LogP contribution in [0.2, 0.25) is 5.02 Å². The van der Waals surface area contributed by atoms with Crippen LogP contribution in [0.15, 0.2) is 90.2 Å². The molecule has 144 valence electrons. The van der Waals surface area contributed by atoms with Crippen LogP contribution < -0.4 is 10.2 Å². The van der Waals surface area contributed by atoms with E-state index < -0.39 is 0 Å². The van der Waals surface area contributed by atoms with E-state index in [4.69, 9.17) is 16.3 Å².